The third-order valence-corrected chi connectivity index (χ3v) is 9.59. The molecule has 0 atom stereocenters. The zero-order valence-corrected chi connectivity index (χ0v) is 17.8. The molecule has 5 nitrogen and oxygen atoms in total. The molecule has 3 aromatic rings. The van der Waals surface area contributed by atoms with E-state index < -0.39 is 30.5 Å². The number of sulfone groups is 2. The minimum Gasteiger partial charge on any atom is -0.223 e. The lowest BCUT2D eigenvalue weighted by Gasteiger charge is -2.05. The second kappa shape index (κ2) is 7.90. The highest BCUT2D eigenvalue weighted by atomic mass is 35.5. The molecule has 10 heteroatoms. The first-order valence-electron chi connectivity index (χ1n) is 8.15. The quantitative estimate of drug-likeness (QED) is 0.537. The minimum atomic E-state index is -4.22. The van der Waals surface area contributed by atoms with E-state index in [4.69, 9.17) is 11.6 Å². The highest BCUT2D eigenvalue weighted by Crippen LogP contribution is 2.37. The van der Waals surface area contributed by atoms with Gasteiger partial charge in [0.25, 0.3) is 0 Å². The predicted octanol–water partition coefficient (Wildman–Crippen LogP) is 4.62. The minimum absolute atomic E-state index is 0.113. The van der Waals surface area contributed by atoms with E-state index in [1.165, 1.54) is 48.5 Å². The average Bonchev–Trinajstić information content (AvgIpc) is 3.09. The summed E-state index contributed by atoms with van der Waals surface area (Å²) < 4.78 is 64.8. The van der Waals surface area contributed by atoms with Crippen LogP contribution in [0.2, 0.25) is 5.02 Å². The molecule has 0 aliphatic heterocycles. The first-order valence-corrected chi connectivity index (χ1v) is 12.5. The molecule has 148 valence electrons. The number of thiazole rings is 1. The molecule has 0 fully saturated rings. The van der Waals surface area contributed by atoms with Crippen LogP contribution in [-0.4, -0.2) is 27.6 Å². The van der Waals surface area contributed by atoms with E-state index >= 15 is 0 Å². The van der Waals surface area contributed by atoms with Crippen LogP contribution in [0.5, 0.6) is 0 Å². The highest BCUT2D eigenvalue weighted by molar-refractivity contribution is 7.96. The first-order chi connectivity index (χ1) is 13.1. The Balaban J connectivity index is 2.25. The van der Waals surface area contributed by atoms with Crippen molar-refractivity contribution in [3.05, 3.63) is 59.4 Å². The highest BCUT2D eigenvalue weighted by Gasteiger charge is 2.33. The number of nitrogens with zero attached hydrogens (tertiary/aromatic N) is 1. The van der Waals surface area contributed by atoms with Crippen molar-refractivity contribution in [3.8, 4) is 10.6 Å². The molecule has 0 unspecified atom stereocenters. The number of hydrogen-bond donors (Lipinski definition) is 0. The molecule has 3 rings (SSSR count). The largest absolute Gasteiger partial charge is 0.226 e. The van der Waals surface area contributed by atoms with Crippen molar-refractivity contribution in [1.82, 2.24) is 4.98 Å². The fourth-order valence-corrected chi connectivity index (χ4v) is 7.71. The van der Waals surface area contributed by atoms with Crippen molar-refractivity contribution in [1.29, 1.82) is 0 Å². The standard InChI is InChI=1S/C18H15ClFNO4S3/c1-2-10-27(22,23)18-17(28(24,25)15-8-6-13(19)7-9-15)21-16(26-18)12-4-3-5-14(20)11-12/h3-9,11H,2,10H2,1H3. The van der Waals surface area contributed by atoms with Crippen LogP contribution in [0.3, 0.4) is 0 Å². The van der Waals surface area contributed by atoms with Crippen LogP contribution >= 0.6 is 22.9 Å². The number of halogens is 2. The maximum Gasteiger partial charge on any atom is 0.226 e. The summed E-state index contributed by atoms with van der Waals surface area (Å²) in [5.74, 6) is -0.756. The SMILES string of the molecule is CCCS(=O)(=O)c1sc(-c2cccc(F)c2)nc1S(=O)(=O)c1ccc(Cl)cc1. The van der Waals surface area contributed by atoms with Crippen molar-refractivity contribution < 1.29 is 21.2 Å². The average molecular weight is 460 g/mol. The number of hydrogen-bond acceptors (Lipinski definition) is 6. The fourth-order valence-electron chi connectivity index (χ4n) is 2.49. The Morgan fingerprint density at radius 1 is 1.07 bits per heavy atom. The van der Waals surface area contributed by atoms with Crippen LogP contribution in [0.15, 0.2) is 62.7 Å². The second-order valence-corrected chi connectivity index (χ2v) is 11.5. The van der Waals surface area contributed by atoms with Gasteiger partial charge in [0.05, 0.1) is 10.6 Å². The van der Waals surface area contributed by atoms with Gasteiger partial charge >= 0.3 is 0 Å². The van der Waals surface area contributed by atoms with Gasteiger partial charge in [-0.2, -0.15) is 0 Å². The van der Waals surface area contributed by atoms with Gasteiger partial charge in [-0.3, -0.25) is 0 Å². The third kappa shape index (κ3) is 4.12. The Morgan fingerprint density at radius 2 is 1.75 bits per heavy atom. The summed E-state index contributed by atoms with van der Waals surface area (Å²) in [6, 6.07) is 10.8. The number of benzene rings is 2. The number of aromatic nitrogens is 1. The molecule has 0 saturated heterocycles. The Morgan fingerprint density at radius 3 is 2.36 bits per heavy atom. The lowest BCUT2D eigenvalue weighted by Crippen LogP contribution is -2.11. The van der Waals surface area contributed by atoms with Crippen molar-refractivity contribution in [2.45, 2.75) is 27.5 Å². The third-order valence-electron chi connectivity index (χ3n) is 3.77. The summed E-state index contributed by atoms with van der Waals surface area (Å²) in [5.41, 5.74) is 0.301. The van der Waals surface area contributed by atoms with Crippen molar-refractivity contribution >= 4 is 42.6 Å². The Bertz CT molecular complexity index is 1220. The molecule has 0 amide bonds. The van der Waals surface area contributed by atoms with Gasteiger partial charge in [-0.25, -0.2) is 26.2 Å². The van der Waals surface area contributed by atoms with Crippen LogP contribution in [0, 0.1) is 5.82 Å². The van der Waals surface area contributed by atoms with E-state index in [9.17, 15) is 21.2 Å². The van der Waals surface area contributed by atoms with Gasteiger partial charge in [0, 0.05) is 10.6 Å². The number of rotatable bonds is 6. The van der Waals surface area contributed by atoms with Gasteiger partial charge < -0.3 is 0 Å². The van der Waals surface area contributed by atoms with Gasteiger partial charge in [0.1, 0.15) is 10.8 Å². The molecule has 2 aromatic carbocycles. The van der Waals surface area contributed by atoms with Crippen LogP contribution < -0.4 is 0 Å². The lowest BCUT2D eigenvalue weighted by molar-refractivity contribution is 0.581. The van der Waals surface area contributed by atoms with E-state index in [0.717, 1.165) is 11.3 Å². The van der Waals surface area contributed by atoms with Crippen LogP contribution in [0.1, 0.15) is 13.3 Å². The molecular formula is C18H15ClFNO4S3. The van der Waals surface area contributed by atoms with E-state index in [1.54, 1.807) is 6.92 Å². The molecule has 0 bridgehead atoms. The molecule has 0 saturated carbocycles. The van der Waals surface area contributed by atoms with Gasteiger partial charge in [0.15, 0.2) is 19.1 Å². The normalized spacial score (nSPS) is 12.2. The summed E-state index contributed by atoms with van der Waals surface area (Å²) in [6.45, 7) is 1.68. The molecule has 0 N–H and O–H groups in total. The van der Waals surface area contributed by atoms with E-state index in [2.05, 4.69) is 4.98 Å². The summed E-state index contributed by atoms with van der Waals surface area (Å²) in [7, 11) is -8.10. The second-order valence-electron chi connectivity index (χ2n) is 5.90. The van der Waals surface area contributed by atoms with Gasteiger partial charge in [-0.15, -0.1) is 11.3 Å². The molecule has 0 aliphatic rings. The van der Waals surface area contributed by atoms with Crippen LogP contribution in [-0.2, 0) is 19.7 Å². The van der Waals surface area contributed by atoms with Gasteiger partial charge in [-0.05, 0) is 42.8 Å². The summed E-state index contributed by atoms with van der Waals surface area (Å²) in [6.07, 6.45) is 0.315. The first kappa shape index (κ1) is 20.9. The maximum absolute atomic E-state index is 13.6. The molecule has 1 heterocycles. The molecule has 0 aliphatic carbocycles. The van der Waals surface area contributed by atoms with Crippen molar-refractivity contribution in [3.63, 3.8) is 0 Å². The smallest absolute Gasteiger partial charge is 0.223 e. The Kier molecular flexibility index (Phi) is 5.90. The summed E-state index contributed by atoms with van der Waals surface area (Å²) in [4.78, 5) is 3.97. The Hall–Kier alpha value is -1.81. The van der Waals surface area contributed by atoms with Crippen molar-refractivity contribution in [2.24, 2.45) is 0 Å². The fraction of sp³-hybridized carbons (Fsp3) is 0.167. The zero-order chi connectivity index (χ0) is 20.5. The predicted molar refractivity (Wildman–Crippen MR) is 107 cm³/mol. The van der Waals surface area contributed by atoms with Gasteiger partial charge in [-0.1, -0.05) is 30.7 Å². The lowest BCUT2D eigenvalue weighted by atomic mass is 10.2. The maximum atomic E-state index is 13.6. The van der Waals surface area contributed by atoms with Crippen molar-refractivity contribution in [2.75, 3.05) is 5.75 Å². The van der Waals surface area contributed by atoms with E-state index in [1.807, 2.05) is 0 Å². The van der Waals surface area contributed by atoms with E-state index in [-0.39, 0.29) is 19.9 Å². The molecular weight excluding hydrogens is 445 g/mol. The van der Waals surface area contributed by atoms with Crippen LogP contribution in [0.25, 0.3) is 10.6 Å². The van der Waals surface area contributed by atoms with Gasteiger partial charge in [0.2, 0.25) is 9.84 Å². The van der Waals surface area contributed by atoms with E-state index in [0.29, 0.717) is 17.0 Å². The summed E-state index contributed by atoms with van der Waals surface area (Å²) in [5, 5.41) is -0.0919. The topological polar surface area (TPSA) is 81.2 Å². The monoisotopic (exact) mass is 459 g/mol. The molecule has 0 spiro atoms. The zero-order valence-electron chi connectivity index (χ0n) is 14.6. The Labute approximate surface area is 171 Å². The van der Waals surface area contributed by atoms with Crippen LogP contribution in [0.4, 0.5) is 4.39 Å². The summed E-state index contributed by atoms with van der Waals surface area (Å²) >= 11 is 6.53. The molecule has 28 heavy (non-hydrogen) atoms. The molecule has 1 aromatic heterocycles. The molecule has 0 radical (unpaired) electrons.